The molecule has 0 fully saturated rings. The molecule has 1 aromatic heterocycles. The van der Waals surface area contributed by atoms with Gasteiger partial charge in [0.1, 0.15) is 0 Å². The molecule has 2 aromatic rings. The van der Waals surface area contributed by atoms with Gasteiger partial charge in [0.2, 0.25) is 0 Å². The Kier molecular flexibility index (Phi) is 3.46. The van der Waals surface area contributed by atoms with Crippen molar-refractivity contribution in [2.45, 2.75) is 6.04 Å². The summed E-state index contributed by atoms with van der Waals surface area (Å²) in [7, 11) is 0. The first-order valence-corrected chi connectivity index (χ1v) is 6.47. The van der Waals surface area contributed by atoms with Crippen LogP contribution in [0.4, 0.5) is 0 Å². The highest BCUT2D eigenvalue weighted by Gasteiger charge is 2.13. The quantitative estimate of drug-likeness (QED) is 0.883. The topological polar surface area (TPSA) is 26.0 Å². The zero-order valence-electron chi connectivity index (χ0n) is 7.78. The Hall–Kier alpha value is -0.350. The van der Waals surface area contributed by atoms with E-state index in [1.807, 2.05) is 35.7 Å². The fourth-order valence-electron chi connectivity index (χ4n) is 1.38. The molecule has 2 N–H and O–H groups in total. The van der Waals surface area contributed by atoms with Crippen molar-refractivity contribution in [2.75, 3.05) is 0 Å². The smallest absolute Gasteiger partial charge is 0.0657 e. The van der Waals surface area contributed by atoms with Crippen LogP contribution in [0.1, 0.15) is 16.5 Å². The summed E-state index contributed by atoms with van der Waals surface area (Å²) < 4.78 is 1.06. The van der Waals surface area contributed by atoms with E-state index in [4.69, 9.17) is 17.3 Å². The van der Waals surface area contributed by atoms with Gasteiger partial charge in [0.15, 0.2) is 0 Å². The van der Waals surface area contributed by atoms with Gasteiger partial charge in [0.25, 0.3) is 0 Å². The molecular formula is C11H9BrClNS. The maximum absolute atomic E-state index is 6.15. The zero-order chi connectivity index (χ0) is 10.8. The summed E-state index contributed by atoms with van der Waals surface area (Å²) in [4.78, 5) is 1.12. The molecule has 1 aromatic carbocycles. The van der Waals surface area contributed by atoms with Crippen LogP contribution in [0.5, 0.6) is 0 Å². The van der Waals surface area contributed by atoms with E-state index in [9.17, 15) is 0 Å². The molecule has 1 heterocycles. The molecule has 78 valence electrons. The van der Waals surface area contributed by atoms with E-state index in [1.54, 1.807) is 11.3 Å². The number of nitrogens with two attached hydrogens (primary N) is 1. The third-order valence-electron chi connectivity index (χ3n) is 2.14. The molecule has 15 heavy (non-hydrogen) atoms. The van der Waals surface area contributed by atoms with Crippen molar-refractivity contribution in [3.05, 3.63) is 55.6 Å². The van der Waals surface area contributed by atoms with Crippen molar-refractivity contribution in [3.8, 4) is 0 Å². The summed E-state index contributed by atoms with van der Waals surface area (Å²) in [6.07, 6.45) is 0. The Bertz CT molecular complexity index is 469. The maximum Gasteiger partial charge on any atom is 0.0657 e. The summed E-state index contributed by atoms with van der Waals surface area (Å²) >= 11 is 11.0. The molecule has 0 bridgehead atoms. The molecule has 1 unspecified atom stereocenters. The highest BCUT2D eigenvalue weighted by atomic mass is 79.9. The number of hydrogen-bond acceptors (Lipinski definition) is 2. The molecule has 1 atom stereocenters. The molecule has 1 nitrogen and oxygen atoms in total. The number of rotatable bonds is 2. The van der Waals surface area contributed by atoms with Crippen molar-refractivity contribution >= 4 is 38.9 Å². The lowest BCUT2D eigenvalue weighted by Crippen LogP contribution is -2.10. The average molecular weight is 303 g/mol. The first-order chi connectivity index (χ1) is 7.18. The van der Waals surface area contributed by atoms with Gasteiger partial charge in [-0.15, -0.1) is 11.3 Å². The fraction of sp³-hybridized carbons (Fsp3) is 0.0909. The number of benzene rings is 1. The van der Waals surface area contributed by atoms with E-state index in [-0.39, 0.29) is 6.04 Å². The molecule has 0 aliphatic rings. The third-order valence-corrected chi connectivity index (χ3v) is 4.32. The van der Waals surface area contributed by atoms with Crippen molar-refractivity contribution in [1.29, 1.82) is 0 Å². The summed E-state index contributed by atoms with van der Waals surface area (Å²) in [6, 6.07) is 9.55. The summed E-state index contributed by atoms with van der Waals surface area (Å²) in [5, 5.41) is 2.74. The van der Waals surface area contributed by atoms with Crippen LogP contribution < -0.4 is 5.73 Å². The second-order valence-electron chi connectivity index (χ2n) is 3.17. The predicted octanol–water partition coefficient (Wildman–Crippen LogP) is 4.21. The van der Waals surface area contributed by atoms with Crippen molar-refractivity contribution in [2.24, 2.45) is 5.73 Å². The average Bonchev–Trinajstić information content (AvgIpc) is 2.63. The van der Waals surface area contributed by atoms with E-state index in [2.05, 4.69) is 15.9 Å². The lowest BCUT2D eigenvalue weighted by molar-refractivity contribution is 0.889. The van der Waals surface area contributed by atoms with E-state index in [1.165, 1.54) is 0 Å². The van der Waals surface area contributed by atoms with Crippen molar-refractivity contribution in [1.82, 2.24) is 0 Å². The van der Waals surface area contributed by atoms with Crippen molar-refractivity contribution in [3.63, 3.8) is 0 Å². The van der Waals surface area contributed by atoms with E-state index >= 15 is 0 Å². The second-order valence-corrected chi connectivity index (χ2v) is 5.40. The summed E-state index contributed by atoms with van der Waals surface area (Å²) in [5.41, 5.74) is 7.19. The van der Waals surface area contributed by atoms with Crippen LogP contribution >= 0.6 is 38.9 Å². The first kappa shape index (κ1) is 11.1. The molecule has 2 rings (SSSR count). The lowest BCUT2D eigenvalue weighted by atomic mass is 10.1. The van der Waals surface area contributed by atoms with E-state index < -0.39 is 0 Å². The third kappa shape index (κ3) is 2.42. The normalized spacial score (nSPS) is 12.7. The molecule has 4 heteroatoms. The molecule has 0 spiro atoms. The van der Waals surface area contributed by atoms with Crippen LogP contribution in [0.2, 0.25) is 5.02 Å². The monoisotopic (exact) mass is 301 g/mol. The van der Waals surface area contributed by atoms with Gasteiger partial charge in [-0.25, -0.2) is 0 Å². The molecule has 0 aliphatic carbocycles. The highest BCUT2D eigenvalue weighted by molar-refractivity contribution is 9.10. The SMILES string of the molecule is NC(c1cccc(Cl)c1)c1sccc1Br. The van der Waals surface area contributed by atoms with Gasteiger partial charge in [0.05, 0.1) is 6.04 Å². The number of hydrogen-bond donors (Lipinski definition) is 1. The van der Waals surface area contributed by atoms with Gasteiger partial charge in [-0.1, -0.05) is 23.7 Å². The Morgan fingerprint density at radius 3 is 2.73 bits per heavy atom. The minimum Gasteiger partial charge on any atom is -0.320 e. The van der Waals surface area contributed by atoms with Gasteiger partial charge in [0, 0.05) is 14.4 Å². The van der Waals surface area contributed by atoms with Crippen LogP contribution in [0.3, 0.4) is 0 Å². The van der Waals surface area contributed by atoms with Gasteiger partial charge in [-0.3, -0.25) is 0 Å². The van der Waals surface area contributed by atoms with Gasteiger partial charge >= 0.3 is 0 Å². The molecule has 0 saturated heterocycles. The van der Waals surface area contributed by atoms with Crippen molar-refractivity contribution < 1.29 is 0 Å². The van der Waals surface area contributed by atoms with Gasteiger partial charge < -0.3 is 5.73 Å². The predicted molar refractivity (Wildman–Crippen MR) is 69.5 cm³/mol. The van der Waals surface area contributed by atoms with Crippen LogP contribution in [0.15, 0.2) is 40.2 Å². The molecule has 0 aliphatic heterocycles. The Labute approximate surface area is 106 Å². The fourth-order valence-corrected chi connectivity index (χ4v) is 3.23. The van der Waals surface area contributed by atoms with Crippen LogP contribution in [0.25, 0.3) is 0 Å². The Balaban J connectivity index is 2.36. The Morgan fingerprint density at radius 2 is 2.13 bits per heavy atom. The summed E-state index contributed by atoms with van der Waals surface area (Å²) in [5.74, 6) is 0. The minimum absolute atomic E-state index is 0.113. The standard InChI is InChI=1S/C11H9BrClNS/c12-9-4-5-15-11(9)10(14)7-2-1-3-8(13)6-7/h1-6,10H,14H2. The highest BCUT2D eigenvalue weighted by Crippen LogP contribution is 2.32. The van der Waals surface area contributed by atoms with Gasteiger partial charge in [-0.2, -0.15) is 0 Å². The largest absolute Gasteiger partial charge is 0.320 e. The first-order valence-electron chi connectivity index (χ1n) is 4.42. The number of halogens is 2. The van der Waals surface area contributed by atoms with E-state index in [0.717, 1.165) is 19.9 Å². The Morgan fingerprint density at radius 1 is 1.33 bits per heavy atom. The molecule has 0 saturated carbocycles. The van der Waals surface area contributed by atoms with Crippen LogP contribution in [0, 0.1) is 0 Å². The van der Waals surface area contributed by atoms with Gasteiger partial charge in [-0.05, 0) is 45.1 Å². The van der Waals surface area contributed by atoms with Crippen LogP contribution in [-0.4, -0.2) is 0 Å². The van der Waals surface area contributed by atoms with Crippen LogP contribution in [-0.2, 0) is 0 Å². The second kappa shape index (κ2) is 4.66. The zero-order valence-corrected chi connectivity index (χ0v) is 10.9. The molecular weight excluding hydrogens is 294 g/mol. The van der Waals surface area contributed by atoms with E-state index in [0.29, 0.717) is 0 Å². The summed E-state index contributed by atoms with van der Waals surface area (Å²) in [6.45, 7) is 0. The molecule has 0 amide bonds. The maximum atomic E-state index is 6.15. The lowest BCUT2D eigenvalue weighted by Gasteiger charge is -2.11. The minimum atomic E-state index is -0.113. The molecule has 0 radical (unpaired) electrons. The number of thiophene rings is 1.